The van der Waals surface area contributed by atoms with Crippen molar-refractivity contribution in [3.8, 4) is 0 Å². The molecule has 0 unspecified atom stereocenters. The van der Waals surface area contributed by atoms with Gasteiger partial charge in [-0.15, -0.1) is 0 Å². The highest BCUT2D eigenvalue weighted by atomic mass is 32.2. The Labute approximate surface area is 183 Å². The van der Waals surface area contributed by atoms with Crippen LogP contribution in [0.1, 0.15) is 23.0 Å². The van der Waals surface area contributed by atoms with E-state index in [4.69, 9.17) is 4.42 Å². The molecule has 2 aromatic carbocycles. The summed E-state index contributed by atoms with van der Waals surface area (Å²) in [6.07, 6.45) is 1.19. The van der Waals surface area contributed by atoms with Crippen molar-refractivity contribution in [1.29, 1.82) is 0 Å². The van der Waals surface area contributed by atoms with Gasteiger partial charge in [0.1, 0.15) is 23.9 Å². The fraction of sp³-hybridized carbons (Fsp3) is 0.182. The number of hydrogen-bond acceptors (Lipinski definition) is 5. The number of benzene rings is 2. The number of nitrogens with one attached hydrogen (secondary N) is 1. The molecule has 0 fully saturated rings. The first-order valence-electron chi connectivity index (χ1n) is 9.60. The summed E-state index contributed by atoms with van der Waals surface area (Å²) >= 11 is 0. The van der Waals surface area contributed by atoms with Crippen LogP contribution in [0.2, 0.25) is 0 Å². The van der Waals surface area contributed by atoms with E-state index in [0.717, 1.165) is 23.1 Å². The van der Waals surface area contributed by atoms with Crippen LogP contribution in [-0.2, 0) is 20.4 Å². The summed E-state index contributed by atoms with van der Waals surface area (Å²) in [6, 6.07) is 12.3. The average molecular weight is 462 g/mol. The van der Waals surface area contributed by atoms with Gasteiger partial charge in [-0.05, 0) is 37.3 Å². The Balaban J connectivity index is 1.75. The molecular formula is C22H20F2N2O5S. The minimum Gasteiger partial charge on any atom is -0.459 e. The molecule has 0 bridgehead atoms. The summed E-state index contributed by atoms with van der Waals surface area (Å²) in [5.74, 6) is -4.15. The van der Waals surface area contributed by atoms with Gasteiger partial charge in [0.05, 0.1) is 16.9 Å². The maximum absolute atomic E-state index is 13.8. The van der Waals surface area contributed by atoms with Crippen molar-refractivity contribution < 1.29 is 31.2 Å². The number of likely N-dealkylation sites (N-methyl/N-ethyl adjacent to an activating group) is 1. The summed E-state index contributed by atoms with van der Waals surface area (Å²) in [5.41, 5.74) is -0.480. The second-order valence-electron chi connectivity index (χ2n) is 6.81. The third-order valence-corrected chi connectivity index (χ3v) is 6.30. The van der Waals surface area contributed by atoms with E-state index < -0.39 is 51.3 Å². The van der Waals surface area contributed by atoms with Crippen LogP contribution in [0.4, 0.5) is 14.5 Å². The molecule has 0 saturated heterocycles. The second-order valence-corrected chi connectivity index (χ2v) is 8.80. The van der Waals surface area contributed by atoms with Gasteiger partial charge in [-0.2, -0.15) is 0 Å². The number of furan rings is 1. The zero-order chi connectivity index (χ0) is 23.3. The normalized spacial score (nSPS) is 11.2. The van der Waals surface area contributed by atoms with E-state index >= 15 is 0 Å². The molecule has 0 aliphatic carbocycles. The molecule has 7 nitrogen and oxygen atoms in total. The number of nitrogens with zero attached hydrogens (tertiary/aromatic N) is 1. The van der Waals surface area contributed by atoms with Crippen LogP contribution < -0.4 is 5.32 Å². The number of anilines is 1. The average Bonchev–Trinajstić information content (AvgIpc) is 3.22. The van der Waals surface area contributed by atoms with Crippen molar-refractivity contribution in [2.45, 2.75) is 17.6 Å². The summed E-state index contributed by atoms with van der Waals surface area (Å²) < 4.78 is 58.0. The van der Waals surface area contributed by atoms with Crippen molar-refractivity contribution >= 4 is 27.3 Å². The van der Waals surface area contributed by atoms with Gasteiger partial charge in [0.25, 0.3) is 5.91 Å². The summed E-state index contributed by atoms with van der Waals surface area (Å²) in [7, 11) is -3.74. The Kier molecular flexibility index (Phi) is 7.04. The van der Waals surface area contributed by atoms with Crippen LogP contribution in [0, 0.1) is 11.6 Å². The summed E-state index contributed by atoms with van der Waals surface area (Å²) in [6.45, 7) is 1.14. The zero-order valence-electron chi connectivity index (χ0n) is 17.0. The molecule has 3 aromatic rings. The minimum absolute atomic E-state index is 0.0670. The Morgan fingerprint density at radius 1 is 1.00 bits per heavy atom. The smallest absolute Gasteiger partial charge is 0.290 e. The second kappa shape index (κ2) is 9.73. The third-order valence-electron chi connectivity index (χ3n) is 4.62. The molecule has 0 aliphatic heterocycles. The molecule has 1 heterocycles. The number of carbonyl (C=O) groups is 2. The van der Waals surface area contributed by atoms with Crippen molar-refractivity contribution in [1.82, 2.24) is 4.90 Å². The molecular weight excluding hydrogens is 442 g/mol. The van der Waals surface area contributed by atoms with Gasteiger partial charge in [0.2, 0.25) is 5.91 Å². The summed E-state index contributed by atoms with van der Waals surface area (Å²) in [4.78, 5) is 26.4. The molecule has 2 amide bonds. The molecule has 1 N–H and O–H groups in total. The Hall–Kier alpha value is -3.53. The molecule has 3 rings (SSSR count). The fourth-order valence-electron chi connectivity index (χ4n) is 2.99. The number of hydrogen-bond donors (Lipinski definition) is 1. The highest BCUT2D eigenvalue weighted by Crippen LogP contribution is 2.22. The SMILES string of the molecule is CCN(CC(=O)Nc1c(F)cccc1F)C(=O)c1occc1CS(=O)(=O)c1ccccc1. The topological polar surface area (TPSA) is 96.7 Å². The molecule has 0 atom stereocenters. The van der Waals surface area contributed by atoms with Gasteiger partial charge >= 0.3 is 0 Å². The van der Waals surface area contributed by atoms with E-state index in [1.807, 2.05) is 0 Å². The molecule has 10 heteroatoms. The molecule has 1 aromatic heterocycles. The predicted octanol–water partition coefficient (Wildman–Crippen LogP) is 3.63. The predicted molar refractivity (Wildman–Crippen MR) is 113 cm³/mol. The van der Waals surface area contributed by atoms with Crippen molar-refractivity contribution in [2.75, 3.05) is 18.4 Å². The van der Waals surface area contributed by atoms with Gasteiger partial charge in [-0.25, -0.2) is 17.2 Å². The Bertz CT molecular complexity index is 1210. The number of para-hydroxylation sites is 1. The van der Waals surface area contributed by atoms with Crippen LogP contribution in [-0.4, -0.2) is 38.2 Å². The molecule has 0 saturated carbocycles. The highest BCUT2D eigenvalue weighted by molar-refractivity contribution is 7.90. The molecule has 168 valence electrons. The third kappa shape index (κ3) is 5.20. The lowest BCUT2D eigenvalue weighted by molar-refractivity contribution is -0.116. The molecule has 0 spiro atoms. The van der Waals surface area contributed by atoms with E-state index in [1.165, 1.54) is 24.5 Å². The van der Waals surface area contributed by atoms with Crippen LogP contribution in [0.25, 0.3) is 0 Å². The number of sulfone groups is 1. The lowest BCUT2D eigenvalue weighted by Gasteiger charge is -2.20. The van der Waals surface area contributed by atoms with Gasteiger partial charge in [-0.3, -0.25) is 9.59 Å². The molecule has 32 heavy (non-hydrogen) atoms. The van der Waals surface area contributed by atoms with E-state index in [0.29, 0.717) is 0 Å². The first-order valence-corrected chi connectivity index (χ1v) is 11.3. The van der Waals surface area contributed by atoms with Crippen molar-refractivity contribution in [3.05, 3.63) is 83.8 Å². The highest BCUT2D eigenvalue weighted by Gasteiger charge is 2.26. The number of carbonyl (C=O) groups excluding carboxylic acids is 2. The standard InChI is InChI=1S/C22H20F2N2O5S/c1-2-26(13-19(27)25-20-17(23)9-6-10-18(20)24)22(28)21-15(11-12-31-21)14-32(29,30)16-7-4-3-5-8-16/h3-12H,2,13-14H2,1H3,(H,25,27). The van der Waals surface area contributed by atoms with Crippen molar-refractivity contribution in [2.24, 2.45) is 0 Å². The molecule has 0 radical (unpaired) electrons. The monoisotopic (exact) mass is 462 g/mol. The van der Waals surface area contributed by atoms with Gasteiger partial charge < -0.3 is 14.6 Å². The lowest BCUT2D eigenvalue weighted by atomic mass is 10.2. The summed E-state index contributed by atoms with van der Waals surface area (Å²) in [5, 5.41) is 2.11. The van der Waals surface area contributed by atoms with Gasteiger partial charge in [0.15, 0.2) is 15.6 Å². The largest absolute Gasteiger partial charge is 0.459 e. The van der Waals surface area contributed by atoms with E-state index in [9.17, 15) is 26.8 Å². The van der Waals surface area contributed by atoms with E-state index in [1.54, 1.807) is 25.1 Å². The van der Waals surface area contributed by atoms with E-state index in [2.05, 4.69) is 5.32 Å². The molecule has 0 aliphatic rings. The van der Waals surface area contributed by atoms with E-state index in [-0.39, 0.29) is 22.8 Å². The zero-order valence-corrected chi connectivity index (χ0v) is 17.9. The first kappa shape index (κ1) is 23.1. The van der Waals surface area contributed by atoms with Crippen LogP contribution in [0.5, 0.6) is 0 Å². The fourth-order valence-corrected chi connectivity index (χ4v) is 4.37. The van der Waals surface area contributed by atoms with Gasteiger partial charge in [0, 0.05) is 12.1 Å². The first-order chi connectivity index (χ1) is 15.2. The lowest BCUT2D eigenvalue weighted by Crippen LogP contribution is -2.38. The quantitative estimate of drug-likeness (QED) is 0.552. The number of halogens is 2. The van der Waals surface area contributed by atoms with Crippen LogP contribution >= 0.6 is 0 Å². The minimum atomic E-state index is -3.74. The van der Waals surface area contributed by atoms with Crippen LogP contribution in [0.15, 0.2) is 70.2 Å². The number of amides is 2. The maximum Gasteiger partial charge on any atom is 0.290 e. The Morgan fingerprint density at radius 3 is 2.28 bits per heavy atom. The Morgan fingerprint density at radius 2 is 1.66 bits per heavy atom. The maximum atomic E-state index is 13.8. The van der Waals surface area contributed by atoms with Crippen molar-refractivity contribution in [3.63, 3.8) is 0 Å². The number of rotatable bonds is 8. The van der Waals surface area contributed by atoms with Gasteiger partial charge in [-0.1, -0.05) is 24.3 Å². The van der Waals surface area contributed by atoms with Crippen LogP contribution in [0.3, 0.4) is 0 Å².